The monoisotopic (exact) mass is 435 g/mol. The minimum Gasteiger partial charge on any atom is -0.300 e. The predicted octanol–water partition coefficient (Wildman–Crippen LogP) is 5.82. The molecule has 1 N–H and O–H groups in total. The molecule has 0 saturated carbocycles. The molecular formula is C23H18FN3OS2. The summed E-state index contributed by atoms with van der Waals surface area (Å²) in [5.41, 5.74) is 4.20. The average Bonchev–Trinajstić information content (AvgIpc) is 3.21. The number of halogens is 1. The van der Waals surface area contributed by atoms with Crippen LogP contribution in [0.25, 0.3) is 11.1 Å². The second-order valence-electron chi connectivity index (χ2n) is 6.58. The Morgan fingerprint density at radius 3 is 2.27 bits per heavy atom. The van der Waals surface area contributed by atoms with Crippen LogP contribution in [-0.2, 0) is 17.0 Å². The van der Waals surface area contributed by atoms with Crippen LogP contribution in [0.5, 0.6) is 0 Å². The van der Waals surface area contributed by atoms with Crippen molar-refractivity contribution in [1.29, 1.82) is 0 Å². The maximum absolute atomic E-state index is 13.0. The smallest absolute Gasteiger partial charge is 0.230 e. The molecule has 0 saturated heterocycles. The molecule has 30 heavy (non-hydrogen) atoms. The molecule has 4 nitrogen and oxygen atoms in total. The Hall–Kier alpha value is -3.03. The Morgan fingerprint density at radius 2 is 1.53 bits per heavy atom. The largest absolute Gasteiger partial charge is 0.300 e. The van der Waals surface area contributed by atoms with E-state index in [-0.39, 0.29) is 18.1 Å². The predicted molar refractivity (Wildman–Crippen MR) is 120 cm³/mol. The van der Waals surface area contributed by atoms with Gasteiger partial charge in [-0.25, -0.2) is 4.39 Å². The van der Waals surface area contributed by atoms with Crippen LogP contribution in [-0.4, -0.2) is 16.1 Å². The normalized spacial score (nSPS) is 10.7. The first-order valence-electron chi connectivity index (χ1n) is 9.31. The third-order valence-electron chi connectivity index (χ3n) is 4.35. The van der Waals surface area contributed by atoms with Gasteiger partial charge in [-0.05, 0) is 34.4 Å². The molecule has 1 amide bonds. The van der Waals surface area contributed by atoms with Crippen LogP contribution >= 0.6 is 23.1 Å². The Morgan fingerprint density at radius 1 is 0.867 bits per heavy atom. The van der Waals surface area contributed by atoms with Crippen LogP contribution in [0, 0.1) is 5.82 Å². The lowest BCUT2D eigenvalue weighted by Crippen LogP contribution is -2.14. The van der Waals surface area contributed by atoms with E-state index in [1.807, 2.05) is 42.5 Å². The lowest BCUT2D eigenvalue weighted by atomic mass is 10.0. The Labute approximate surface area is 182 Å². The molecule has 0 fully saturated rings. The molecule has 4 aromatic rings. The van der Waals surface area contributed by atoms with Crippen molar-refractivity contribution in [2.45, 2.75) is 16.5 Å². The first kappa shape index (κ1) is 20.3. The molecular weight excluding hydrogens is 417 g/mol. The number of hydrogen-bond acceptors (Lipinski definition) is 5. The van der Waals surface area contributed by atoms with Crippen LogP contribution in [0.15, 0.2) is 83.2 Å². The number of rotatable bonds is 7. The molecule has 1 heterocycles. The minimum absolute atomic E-state index is 0.131. The Balaban J connectivity index is 1.29. The van der Waals surface area contributed by atoms with E-state index in [2.05, 4.69) is 27.6 Å². The van der Waals surface area contributed by atoms with E-state index in [9.17, 15) is 9.18 Å². The van der Waals surface area contributed by atoms with Gasteiger partial charge in [0.1, 0.15) is 5.82 Å². The van der Waals surface area contributed by atoms with Crippen LogP contribution in [0.2, 0.25) is 0 Å². The highest BCUT2D eigenvalue weighted by Crippen LogP contribution is 2.28. The third-order valence-corrected chi connectivity index (χ3v) is 6.40. The summed E-state index contributed by atoms with van der Waals surface area (Å²) < 4.78 is 13.7. The fourth-order valence-corrected chi connectivity index (χ4v) is 4.56. The van der Waals surface area contributed by atoms with Crippen molar-refractivity contribution >= 4 is 34.1 Å². The zero-order valence-corrected chi connectivity index (χ0v) is 17.5. The second-order valence-corrected chi connectivity index (χ2v) is 8.78. The lowest BCUT2D eigenvalue weighted by molar-refractivity contribution is -0.115. The molecule has 0 radical (unpaired) electrons. The number of carbonyl (C=O) groups is 1. The molecule has 4 rings (SSSR count). The first-order valence-corrected chi connectivity index (χ1v) is 11.1. The molecule has 0 unspecified atom stereocenters. The van der Waals surface area contributed by atoms with Gasteiger partial charge in [-0.15, -0.1) is 10.2 Å². The first-order chi connectivity index (χ1) is 14.7. The third kappa shape index (κ3) is 5.52. The van der Waals surface area contributed by atoms with Crippen molar-refractivity contribution in [3.63, 3.8) is 0 Å². The number of hydrogen-bond donors (Lipinski definition) is 1. The molecule has 7 heteroatoms. The summed E-state index contributed by atoms with van der Waals surface area (Å²) in [5.74, 6) is 0.282. The van der Waals surface area contributed by atoms with Gasteiger partial charge in [-0.1, -0.05) is 89.8 Å². The molecule has 0 aliphatic rings. The van der Waals surface area contributed by atoms with Crippen LogP contribution in [0.1, 0.15) is 11.1 Å². The van der Waals surface area contributed by atoms with E-state index in [0.29, 0.717) is 10.9 Å². The van der Waals surface area contributed by atoms with Crippen LogP contribution in [0.4, 0.5) is 9.52 Å². The van der Waals surface area contributed by atoms with Gasteiger partial charge >= 0.3 is 0 Å². The quantitative estimate of drug-likeness (QED) is 0.294. The lowest BCUT2D eigenvalue weighted by Gasteiger charge is -2.04. The molecule has 0 aliphatic carbocycles. The van der Waals surface area contributed by atoms with Gasteiger partial charge in [-0.3, -0.25) is 4.79 Å². The van der Waals surface area contributed by atoms with Crippen LogP contribution in [0.3, 0.4) is 0 Å². The molecule has 0 atom stereocenters. The highest BCUT2D eigenvalue weighted by Gasteiger charge is 2.10. The number of nitrogens with one attached hydrogen (secondary N) is 1. The Kier molecular flexibility index (Phi) is 6.51. The summed E-state index contributed by atoms with van der Waals surface area (Å²) in [6.45, 7) is 0. The van der Waals surface area contributed by atoms with Gasteiger partial charge < -0.3 is 5.32 Å². The number of amides is 1. The van der Waals surface area contributed by atoms with E-state index in [1.165, 1.54) is 35.2 Å². The summed E-state index contributed by atoms with van der Waals surface area (Å²) in [5, 5.41) is 11.4. The van der Waals surface area contributed by atoms with Crippen molar-refractivity contribution < 1.29 is 9.18 Å². The van der Waals surface area contributed by atoms with Gasteiger partial charge in [0.05, 0.1) is 6.42 Å². The molecule has 0 spiro atoms. The summed E-state index contributed by atoms with van der Waals surface area (Å²) in [4.78, 5) is 12.3. The van der Waals surface area contributed by atoms with Gasteiger partial charge in [0, 0.05) is 5.75 Å². The number of aromatic nitrogens is 2. The standard InChI is InChI=1S/C23H18FN3OS2/c24-20-12-8-17(9-13-20)15-29-23-27-26-22(30-23)25-21(28)14-16-6-10-19(11-7-16)18-4-2-1-3-5-18/h1-13H,14-15H2,(H,25,26,28). The summed E-state index contributed by atoms with van der Waals surface area (Å²) >= 11 is 2.83. The SMILES string of the molecule is O=C(Cc1ccc(-c2ccccc2)cc1)Nc1nnc(SCc2ccc(F)cc2)s1. The topological polar surface area (TPSA) is 54.9 Å². The maximum Gasteiger partial charge on any atom is 0.230 e. The number of anilines is 1. The van der Waals surface area contributed by atoms with E-state index < -0.39 is 0 Å². The second kappa shape index (κ2) is 9.65. The van der Waals surface area contributed by atoms with E-state index in [1.54, 1.807) is 12.1 Å². The number of nitrogens with zero attached hydrogens (tertiary/aromatic N) is 2. The fraction of sp³-hybridized carbons (Fsp3) is 0.0870. The molecule has 0 bridgehead atoms. The van der Waals surface area contributed by atoms with Gasteiger partial charge in [-0.2, -0.15) is 0 Å². The zero-order chi connectivity index (χ0) is 20.8. The molecule has 1 aromatic heterocycles. The maximum atomic E-state index is 13.0. The van der Waals surface area contributed by atoms with Crippen molar-refractivity contribution in [2.75, 3.05) is 5.32 Å². The molecule has 150 valence electrons. The zero-order valence-electron chi connectivity index (χ0n) is 15.9. The van der Waals surface area contributed by atoms with E-state index in [4.69, 9.17) is 0 Å². The number of benzene rings is 3. The fourth-order valence-electron chi connectivity index (χ4n) is 2.84. The highest BCUT2D eigenvalue weighted by atomic mass is 32.2. The van der Waals surface area contributed by atoms with Crippen molar-refractivity contribution in [1.82, 2.24) is 10.2 Å². The van der Waals surface area contributed by atoms with Gasteiger partial charge in [0.2, 0.25) is 11.0 Å². The molecule has 0 aliphatic heterocycles. The Bertz CT molecular complexity index is 1110. The molecule has 3 aromatic carbocycles. The minimum atomic E-state index is -0.251. The summed E-state index contributed by atoms with van der Waals surface area (Å²) in [6, 6.07) is 24.5. The van der Waals surface area contributed by atoms with Crippen molar-refractivity contribution in [3.05, 3.63) is 95.8 Å². The van der Waals surface area contributed by atoms with Gasteiger partial charge in [0.15, 0.2) is 4.34 Å². The van der Waals surface area contributed by atoms with Crippen molar-refractivity contribution in [3.8, 4) is 11.1 Å². The van der Waals surface area contributed by atoms with E-state index >= 15 is 0 Å². The average molecular weight is 436 g/mol. The summed E-state index contributed by atoms with van der Waals surface area (Å²) in [6.07, 6.45) is 0.271. The number of carbonyl (C=O) groups excluding carboxylic acids is 1. The number of thioether (sulfide) groups is 1. The highest BCUT2D eigenvalue weighted by molar-refractivity contribution is 8.00. The van der Waals surface area contributed by atoms with Crippen molar-refractivity contribution in [2.24, 2.45) is 0 Å². The van der Waals surface area contributed by atoms with Gasteiger partial charge in [0.25, 0.3) is 0 Å². The van der Waals surface area contributed by atoms with Crippen LogP contribution < -0.4 is 5.32 Å². The van der Waals surface area contributed by atoms with E-state index in [0.717, 1.165) is 26.6 Å². The summed E-state index contributed by atoms with van der Waals surface area (Å²) in [7, 11) is 0.